The Hall–Kier alpha value is -4.44. The van der Waals surface area contributed by atoms with Crippen molar-refractivity contribution in [1.29, 1.82) is 0 Å². The first-order valence-electron chi connectivity index (χ1n) is 12.5. The van der Waals surface area contributed by atoms with Gasteiger partial charge in [0.1, 0.15) is 5.82 Å². The zero-order valence-corrected chi connectivity index (χ0v) is 21.8. The Morgan fingerprint density at radius 3 is 2.34 bits per heavy atom. The van der Waals surface area contributed by atoms with Gasteiger partial charge in [-0.3, -0.25) is 14.4 Å². The molecule has 10 nitrogen and oxygen atoms in total. The Labute approximate surface area is 221 Å². The van der Waals surface area contributed by atoms with Crippen molar-refractivity contribution in [1.82, 2.24) is 14.8 Å². The predicted octanol–water partition coefficient (Wildman–Crippen LogP) is 2.73. The van der Waals surface area contributed by atoms with Crippen molar-refractivity contribution in [2.45, 2.75) is 6.92 Å². The molecule has 0 spiro atoms. The minimum atomic E-state index is -0.0940. The fourth-order valence-corrected chi connectivity index (χ4v) is 4.95. The second kappa shape index (κ2) is 10.1. The number of pyridine rings is 1. The number of carbonyl (C=O) groups excluding carboxylic acids is 3. The van der Waals surface area contributed by atoms with E-state index in [0.717, 1.165) is 22.6 Å². The van der Waals surface area contributed by atoms with Crippen molar-refractivity contribution < 1.29 is 14.4 Å². The molecule has 2 aromatic carbocycles. The van der Waals surface area contributed by atoms with Crippen LogP contribution in [0.1, 0.15) is 26.3 Å². The summed E-state index contributed by atoms with van der Waals surface area (Å²) in [7, 11) is 3.69. The number of nitrogens with one attached hydrogen (secondary N) is 1. The average molecular weight is 514 g/mol. The van der Waals surface area contributed by atoms with E-state index in [1.807, 2.05) is 61.3 Å². The van der Waals surface area contributed by atoms with Crippen LogP contribution in [0, 0.1) is 6.92 Å². The molecule has 0 unspecified atom stereocenters. The van der Waals surface area contributed by atoms with E-state index in [1.165, 1.54) is 0 Å². The number of nitrogens with two attached hydrogens (primary N) is 1. The number of para-hydroxylation sites is 1. The number of aryl methyl sites for hydroxylation is 1. The number of hydrogen-bond acceptors (Lipinski definition) is 7. The largest absolute Gasteiger partial charge is 0.342 e. The molecule has 1 fully saturated rings. The first-order chi connectivity index (χ1) is 18.3. The molecule has 3 amide bonds. The minimum absolute atomic E-state index is 0.0148. The Kier molecular flexibility index (Phi) is 6.73. The molecule has 0 aliphatic carbocycles. The number of benzene rings is 2. The molecule has 2 aliphatic rings. The molecule has 1 saturated heterocycles. The van der Waals surface area contributed by atoms with Crippen molar-refractivity contribution in [3.05, 3.63) is 71.4 Å². The third kappa shape index (κ3) is 4.54. The fourth-order valence-electron chi connectivity index (χ4n) is 4.95. The summed E-state index contributed by atoms with van der Waals surface area (Å²) in [5.74, 6) is 0.384. The van der Waals surface area contributed by atoms with Crippen LogP contribution in [0.5, 0.6) is 0 Å². The average Bonchev–Trinajstić information content (AvgIpc) is 3.03. The van der Waals surface area contributed by atoms with Gasteiger partial charge in [0.15, 0.2) is 0 Å². The lowest BCUT2D eigenvalue weighted by atomic mass is 10.1. The Balaban J connectivity index is 1.34. The number of nitrogens with zero attached hydrogens (tertiary/aromatic N) is 5. The smallest absolute Gasteiger partial charge is 0.260 e. The predicted molar refractivity (Wildman–Crippen MR) is 147 cm³/mol. The molecule has 0 atom stereocenters. The van der Waals surface area contributed by atoms with Gasteiger partial charge < -0.3 is 30.7 Å². The first kappa shape index (κ1) is 25.2. The van der Waals surface area contributed by atoms with Crippen LogP contribution in [0.4, 0.5) is 28.6 Å². The second-order valence-electron chi connectivity index (χ2n) is 9.53. The molecule has 0 bridgehead atoms. The van der Waals surface area contributed by atoms with Gasteiger partial charge in [0.25, 0.3) is 11.8 Å². The molecular formula is C28H31N7O3. The van der Waals surface area contributed by atoms with Gasteiger partial charge in [-0.2, -0.15) is 0 Å². The van der Waals surface area contributed by atoms with Crippen LogP contribution in [0.25, 0.3) is 0 Å². The minimum Gasteiger partial charge on any atom is -0.342 e. The van der Waals surface area contributed by atoms with Crippen LogP contribution in [-0.4, -0.2) is 79.3 Å². The van der Waals surface area contributed by atoms with Crippen LogP contribution >= 0.6 is 0 Å². The summed E-state index contributed by atoms with van der Waals surface area (Å²) in [6.45, 7) is 3.87. The molecule has 1 aromatic heterocycles. The zero-order chi connectivity index (χ0) is 27.0. The lowest BCUT2D eigenvalue weighted by Gasteiger charge is -2.34. The molecule has 3 aromatic rings. The van der Waals surface area contributed by atoms with E-state index < -0.39 is 0 Å². The maximum atomic E-state index is 13.1. The molecule has 3 N–H and O–H groups in total. The van der Waals surface area contributed by atoms with E-state index in [4.69, 9.17) is 5.73 Å². The quantitative estimate of drug-likeness (QED) is 0.551. The summed E-state index contributed by atoms with van der Waals surface area (Å²) >= 11 is 0. The third-order valence-electron chi connectivity index (χ3n) is 7.22. The third-order valence-corrected chi connectivity index (χ3v) is 7.22. The summed E-state index contributed by atoms with van der Waals surface area (Å²) in [6, 6.07) is 15.0. The lowest BCUT2D eigenvalue weighted by molar-refractivity contribution is -0.131. The number of rotatable bonds is 4. The fraction of sp³-hybridized carbons (Fsp3) is 0.286. The molecule has 5 rings (SSSR count). The van der Waals surface area contributed by atoms with Crippen molar-refractivity contribution in [2.75, 3.05) is 61.9 Å². The SMILES string of the molecule is Cc1cc(C(=O)N2CCN(C(=O)CN)CC2)ccc1Nc1cc2c(cn1)N(C)C(=O)c1ccccc1N2C. The van der Waals surface area contributed by atoms with E-state index in [1.54, 1.807) is 34.0 Å². The van der Waals surface area contributed by atoms with Crippen LogP contribution in [0.2, 0.25) is 0 Å². The van der Waals surface area contributed by atoms with Gasteiger partial charge in [-0.15, -0.1) is 0 Å². The highest BCUT2D eigenvalue weighted by molar-refractivity contribution is 6.13. The highest BCUT2D eigenvalue weighted by Crippen LogP contribution is 2.40. The van der Waals surface area contributed by atoms with E-state index in [2.05, 4.69) is 10.3 Å². The molecular weight excluding hydrogens is 482 g/mol. The Morgan fingerprint density at radius 1 is 0.921 bits per heavy atom. The van der Waals surface area contributed by atoms with Gasteiger partial charge in [0, 0.05) is 57.6 Å². The summed E-state index contributed by atoms with van der Waals surface area (Å²) < 4.78 is 0. The van der Waals surface area contributed by atoms with Gasteiger partial charge in [0.2, 0.25) is 5.91 Å². The number of piperazine rings is 1. The highest BCUT2D eigenvalue weighted by Gasteiger charge is 2.28. The number of amides is 3. The van der Waals surface area contributed by atoms with Crippen LogP contribution in [0.3, 0.4) is 0 Å². The summed E-state index contributed by atoms with van der Waals surface area (Å²) in [4.78, 5) is 49.6. The topological polar surface area (TPSA) is 115 Å². The van der Waals surface area contributed by atoms with Gasteiger partial charge in [-0.1, -0.05) is 12.1 Å². The van der Waals surface area contributed by atoms with Crippen LogP contribution in [-0.2, 0) is 4.79 Å². The molecule has 196 valence electrons. The highest BCUT2D eigenvalue weighted by atomic mass is 16.2. The Bertz CT molecular complexity index is 1420. The van der Waals surface area contributed by atoms with Crippen molar-refractivity contribution in [3.8, 4) is 0 Å². The molecule has 3 heterocycles. The van der Waals surface area contributed by atoms with Gasteiger partial charge >= 0.3 is 0 Å². The summed E-state index contributed by atoms with van der Waals surface area (Å²) in [6.07, 6.45) is 1.69. The number of fused-ring (bicyclic) bond motifs is 2. The number of aromatic nitrogens is 1. The molecule has 2 aliphatic heterocycles. The summed E-state index contributed by atoms with van der Waals surface area (Å²) in [5, 5.41) is 3.36. The molecule has 0 radical (unpaired) electrons. The Morgan fingerprint density at radius 2 is 1.63 bits per heavy atom. The first-order valence-corrected chi connectivity index (χ1v) is 12.5. The molecule has 0 saturated carbocycles. The lowest BCUT2D eigenvalue weighted by Crippen LogP contribution is -2.51. The zero-order valence-electron chi connectivity index (χ0n) is 21.8. The normalized spacial score (nSPS) is 15.1. The van der Waals surface area contributed by atoms with Crippen LogP contribution < -0.4 is 20.9 Å². The van der Waals surface area contributed by atoms with Gasteiger partial charge in [0.05, 0.1) is 35.4 Å². The van der Waals surface area contributed by atoms with Gasteiger partial charge in [-0.05, 0) is 42.8 Å². The molecule has 10 heteroatoms. The maximum Gasteiger partial charge on any atom is 0.260 e. The number of hydrogen-bond donors (Lipinski definition) is 2. The van der Waals surface area contributed by atoms with E-state index in [-0.39, 0.29) is 24.3 Å². The standard InChI is InChI=1S/C28H31N7O3/c1-18-14-19(27(37)35-12-10-34(11-13-35)26(36)16-29)8-9-21(18)31-25-15-23-24(17-30-25)33(3)28(38)20-6-4-5-7-22(20)32(23)2/h4-9,14-15,17H,10-13,16,29H2,1-3H3,(H,30,31). The molecule has 38 heavy (non-hydrogen) atoms. The van der Waals surface area contributed by atoms with E-state index in [0.29, 0.717) is 48.8 Å². The van der Waals surface area contributed by atoms with E-state index >= 15 is 0 Å². The monoisotopic (exact) mass is 513 g/mol. The van der Waals surface area contributed by atoms with E-state index in [9.17, 15) is 14.4 Å². The van der Waals surface area contributed by atoms with Crippen molar-refractivity contribution >= 4 is 46.3 Å². The second-order valence-corrected chi connectivity index (χ2v) is 9.53. The summed E-state index contributed by atoms with van der Waals surface area (Å²) in [5.41, 5.74) is 10.8. The maximum absolute atomic E-state index is 13.1. The number of carbonyl (C=O) groups is 3. The van der Waals surface area contributed by atoms with Crippen molar-refractivity contribution in [3.63, 3.8) is 0 Å². The van der Waals surface area contributed by atoms with Gasteiger partial charge in [-0.25, -0.2) is 4.98 Å². The van der Waals surface area contributed by atoms with Crippen LogP contribution in [0.15, 0.2) is 54.7 Å². The number of anilines is 5. The van der Waals surface area contributed by atoms with Crippen molar-refractivity contribution in [2.24, 2.45) is 5.73 Å².